The highest BCUT2D eigenvalue weighted by molar-refractivity contribution is 7.12. The van der Waals surface area contributed by atoms with E-state index in [0.717, 1.165) is 32.6 Å². The van der Waals surface area contributed by atoms with E-state index in [1.54, 1.807) is 30.3 Å². The number of piperazine rings is 1. The van der Waals surface area contributed by atoms with Crippen LogP contribution in [0.15, 0.2) is 72.1 Å². The zero-order chi connectivity index (χ0) is 23.0. The van der Waals surface area contributed by atoms with Gasteiger partial charge in [-0.05, 0) is 48.7 Å². The topological polar surface area (TPSA) is 64.7 Å². The molecule has 1 aliphatic heterocycles. The summed E-state index contributed by atoms with van der Waals surface area (Å²) in [5, 5.41) is 7.74. The van der Waals surface area contributed by atoms with Gasteiger partial charge in [0, 0.05) is 50.0 Å². The maximum atomic E-state index is 12.6. The number of carbonyl (C=O) groups is 2. The lowest BCUT2D eigenvalue weighted by Crippen LogP contribution is -2.47. The maximum absolute atomic E-state index is 12.6. The van der Waals surface area contributed by atoms with Gasteiger partial charge in [-0.15, -0.1) is 11.3 Å². The van der Waals surface area contributed by atoms with Gasteiger partial charge in [-0.3, -0.25) is 14.5 Å². The van der Waals surface area contributed by atoms with Gasteiger partial charge in [0.2, 0.25) is 0 Å². The molecule has 0 radical (unpaired) electrons. The minimum absolute atomic E-state index is 0.125. The van der Waals surface area contributed by atoms with Crippen molar-refractivity contribution < 1.29 is 9.59 Å². The molecule has 172 valence electrons. The van der Waals surface area contributed by atoms with Gasteiger partial charge >= 0.3 is 0 Å². The normalized spacial score (nSPS) is 16.9. The third-order valence-electron chi connectivity index (χ3n) is 5.91. The van der Waals surface area contributed by atoms with Gasteiger partial charge in [0.15, 0.2) is 0 Å². The average Bonchev–Trinajstić information content (AvgIpc) is 3.38. The lowest BCUT2D eigenvalue weighted by Gasteiger charge is -2.40. The smallest absolute Gasteiger partial charge is 0.265 e. The van der Waals surface area contributed by atoms with Crippen molar-refractivity contribution in [2.24, 2.45) is 0 Å². The van der Waals surface area contributed by atoms with E-state index in [1.807, 2.05) is 11.4 Å². The predicted molar refractivity (Wildman–Crippen MR) is 134 cm³/mol. The van der Waals surface area contributed by atoms with Crippen LogP contribution >= 0.6 is 11.3 Å². The lowest BCUT2D eigenvalue weighted by molar-refractivity contribution is 0.0865. The fourth-order valence-corrected chi connectivity index (χ4v) is 4.76. The number of hydrogen-bond donors (Lipinski definition) is 2. The number of anilines is 1. The van der Waals surface area contributed by atoms with Crippen LogP contribution in [0.3, 0.4) is 0 Å². The predicted octanol–water partition coefficient (Wildman–Crippen LogP) is 4.11. The highest BCUT2D eigenvalue weighted by atomic mass is 32.1. The molecule has 1 atom stereocenters. The van der Waals surface area contributed by atoms with E-state index in [2.05, 4.69) is 57.8 Å². The Labute approximate surface area is 199 Å². The molecule has 2 aromatic carbocycles. The van der Waals surface area contributed by atoms with Crippen molar-refractivity contribution in [2.45, 2.75) is 12.5 Å². The van der Waals surface area contributed by atoms with Crippen molar-refractivity contribution in [1.29, 1.82) is 0 Å². The maximum Gasteiger partial charge on any atom is 0.265 e. The van der Waals surface area contributed by atoms with Crippen molar-refractivity contribution >= 4 is 28.8 Å². The van der Waals surface area contributed by atoms with Crippen molar-refractivity contribution in [3.63, 3.8) is 0 Å². The van der Waals surface area contributed by atoms with E-state index in [1.165, 1.54) is 16.9 Å². The molecule has 7 heteroatoms. The number of rotatable bonds is 8. The number of thiophene rings is 1. The Kier molecular flexibility index (Phi) is 7.88. The van der Waals surface area contributed by atoms with Crippen LogP contribution in [0.1, 0.15) is 38.1 Å². The summed E-state index contributed by atoms with van der Waals surface area (Å²) in [6.45, 7) is 4.64. The zero-order valence-electron chi connectivity index (χ0n) is 18.9. The molecule has 2 heterocycles. The first kappa shape index (κ1) is 23.2. The van der Waals surface area contributed by atoms with Crippen LogP contribution in [-0.4, -0.2) is 61.4 Å². The standard InChI is InChI=1S/C26H30N4O2S/c1-29-15-16-30(23(19-29)20-8-3-2-4-9-20)14-7-13-27-25(31)21-10-5-11-22(18-21)28-26(32)24-12-6-17-33-24/h2-6,8-12,17-18,23H,7,13-16,19H2,1H3,(H,27,31)(H,28,32). The Morgan fingerprint density at radius 1 is 1.00 bits per heavy atom. The van der Waals surface area contributed by atoms with Crippen LogP contribution in [0.5, 0.6) is 0 Å². The molecule has 0 spiro atoms. The highest BCUT2D eigenvalue weighted by Crippen LogP contribution is 2.24. The van der Waals surface area contributed by atoms with E-state index < -0.39 is 0 Å². The fourth-order valence-electron chi connectivity index (χ4n) is 4.14. The van der Waals surface area contributed by atoms with Crippen LogP contribution in [0.2, 0.25) is 0 Å². The first-order chi connectivity index (χ1) is 16.1. The van der Waals surface area contributed by atoms with Gasteiger partial charge < -0.3 is 15.5 Å². The fraction of sp³-hybridized carbons (Fsp3) is 0.308. The molecule has 33 heavy (non-hydrogen) atoms. The van der Waals surface area contributed by atoms with Crippen molar-refractivity contribution in [3.8, 4) is 0 Å². The third-order valence-corrected chi connectivity index (χ3v) is 6.78. The summed E-state index contributed by atoms with van der Waals surface area (Å²) in [6.07, 6.45) is 0.883. The molecule has 2 N–H and O–H groups in total. The first-order valence-corrected chi connectivity index (χ1v) is 12.2. The number of likely N-dealkylation sites (N-methyl/N-ethyl adjacent to an activating group) is 1. The summed E-state index contributed by atoms with van der Waals surface area (Å²) in [6, 6.07) is 21.7. The molecule has 1 unspecified atom stereocenters. The Morgan fingerprint density at radius 3 is 2.64 bits per heavy atom. The Morgan fingerprint density at radius 2 is 1.85 bits per heavy atom. The van der Waals surface area contributed by atoms with E-state index in [-0.39, 0.29) is 11.8 Å². The minimum atomic E-state index is -0.164. The lowest BCUT2D eigenvalue weighted by atomic mass is 10.0. The van der Waals surface area contributed by atoms with Crippen LogP contribution in [0.4, 0.5) is 5.69 Å². The summed E-state index contributed by atoms with van der Waals surface area (Å²) in [5.74, 6) is -0.289. The second-order valence-corrected chi connectivity index (χ2v) is 9.29. The van der Waals surface area contributed by atoms with E-state index in [9.17, 15) is 9.59 Å². The summed E-state index contributed by atoms with van der Waals surface area (Å²) >= 11 is 1.39. The molecule has 0 bridgehead atoms. The molecule has 1 aromatic heterocycles. The van der Waals surface area contributed by atoms with Gasteiger partial charge in [-0.1, -0.05) is 42.5 Å². The van der Waals surface area contributed by atoms with Crippen LogP contribution in [-0.2, 0) is 0 Å². The van der Waals surface area contributed by atoms with Crippen molar-refractivity contribution in [2.75, 3.05) is 45.1 Å². The SMILES string of the molecule is CN1CCN(CCCNC(=O)c2cccc(NC(=O)c3cccs3)c2)C(c2ccccc2)C1. The number of nitrogens with one attached hydrogen (secondary N) is 2. The summed E-state index contributed by atoms with van der Waals surface area (Å²) in [7, 11) is 2.17. The van der Waals surface area contributed by atoms with E-state index >= 15 is 0 Å². The Hall–Kier alpha value is -3.00. The number of carbonyl (C=O) groups excluding carboxylic acids is 2. The Balaban J connectivity index is 1.27. The average molecular weight is 463 g/mol. The molecule has 3 aromatic rings. The van der Waals surface area contributed by atoms with E-state index in [4.69, 9.17) is 0 Å². The molecular weight excluding hydrogens is 432 g/mol. The van der Waals surface area contributed by atoms with Crippen LogP contribution in [0, 0.1) is 0 Å². The van der Waals surface area contributed by atoms with Crippen molar-refractivity contribution in [3.05, 3.63) is 88.1 Å². The van der Waals surface area contributed by atoms with E-state index in [0.29, 0.717) is 28.7 Å². The monoisotopic (exact) mass is 462 g/mol. The molecule has 1 fully saturated rings. The molecular formula is C26H30N4O2S. The van der Waals surface area contributed by atoms with Crippen molar-refractivity contribution in [1.82, 2.24) is 15.1 Å². The zero-order valence-corrected chi connectivity index (χ0v) is 19.7. The summed E-state index contributed by atoms with van der Waals surface area (Å²) in [4.78, 5) is 30.4. The van der Waals surface area contributed by atoms with Crippen LogP contribution < -0.4 is 10.6 Å². The number of nitrogens with zero attached hydrogens (tertiary/aromatic N) is 2. The summed E-state index contributed by atoms with van der Waals surface area (Å²) in [5.41, 5.74) is 2.50. The number of benzene rings is 2. The quantitative estimate of drug-likeness (QED) is 0.495. The number of hydrogen-bond acceptors (Lipinski definition) is 5. The second-order valence-electron chi connectivity index (χ2n) is 8.35. The third kappa shape index (κ3) is 6.28. The van der Waals surface area contributed by atoms with Gasteiger partial charge in [-0.2, -0.15) is 0 Å². The molecule has 1 saturated heterocycles. The van der Waals surface area contributed by atoms with Gasteiger partial charge in [0.1, 0.15) is 0 Å². The van der Waals surface area contributed by atoms with Crippen LogP contribution in [0.25, 0.3) is 0 Å². The summed E-state index contributed by atoms with van der Waals surface area (Å²) < 4.78 is 0. The largest absolute Gasteiger partial charge is 0.352 e. The molecule has 1 aliphatic rings. The molecule has 4 rings (SSSR count). The minimum Gasteiger partial charge on any atom is -0.352 e. The first-order valence-electron chi connectivity index (χ1n) is 11.3. The molecule has 0 aliphatic carbocycles. The number of amides is 2. The molecule has 0 saturated carbocycles. The highest BCUT2D eigenvalue weighted by Gasteiger charge is 2.26. The second kappa shape index (κ2) is 11.2. The molecule has 6 nitrogen and oxygen atoms in total. The van der Waals surface area contributed by atoms with Gasteiger partial charge in [-0.25, -0.2) is 0 Å². The Bertz CT molecular complexity index is 1060. The van der Waals surface area contributed by atoms with Gasteiger partial charge in [0.25, 0.3) is 11.8 Å². The molecule has 2 amide bonds. The van der Waals surface area contributed by atoms with Gasteiger partial charge in [0.05, 0.1) is 4.88 Å².